The fourth-order valence-corrected chi connectivity index (χ4v) is 3.15. The largest absolute Gasteiger partial charge is 0.493 e. The summed E-state index contributed by atoms with van der Waals surface area (Å²) < 4.78 is 43.1. The molecule has 0 aliphatic rings. The molecule has 0 bridgehead atoms. The maximum absolute atomic E-state index is 12.5. The molecular weight excluding hydrogens is 353 g/mol. The van der Waals surface area contributed by atoms with Crippen molar-refractivity contribution in [3.63, 3.8) is 0 Å². The molecule has 0 spiro atoms. The first-order valence-electron chi connectivity index (χ1n) is 7.85. The lowest BCUT2D eigenvalue weighted by atomic mass is 10.2. The van der Waals surface area contributed by atoms with Gasteiger partial charge in [0, 0.05) is 11.9 Å². The molecule has 1 aromatic carbocycles. The summed E-state index contributed by atoms with van der Waals surface area (Å²) in [6.45, 7) is 2.67. The molecule has 0 saturated carbocycles. The smallest absolute Gasteiger partial charge is 0.406 e. The molecule has 1 heterocycles. The lowest BCUT2D eigenvalue weighted by molar-refractivity contribution is -0.160. The van der Waals surface area contributed by atoms with Crippen molar-refractivity contribution in [1.82, 2.24) is 9.88 Å². The van der Waals surface area contributed by atoms with Gasteiger partial charge in [-0.25, -0.2) is 4.98 Å². The van der Waals surface area contributed by atoms with Gasteiger partial charge < -0.3 is 9.64 Å². The third kappa shape index (κ3) is 5.45. The minimum absolute atomic E-state index is 0.00249. The van der Waals surface area contributed by atoms with Crippen LogP contribution in [0.5, 0.6) is 5.75 Å². The molecule has 0 aliphatic heterocycles. The van der Waals surface area contributed by atoms with E-state index in [1.807, 2.05) is 31.2 Å². The van der Waals surface area contributed by atoms with E-state index in [2.05, 4.69) is 4.98 Å². The van der Waals surface area contributed by atoms with E-state index in [0.717, 1.165) is 10.5 Å². The van der Waals surface area contributed by atoms with Crippen LogP contribution in [0.4, 0.5) is 13.2 Å². The Kier molecular flexibility index (Phi) is 6.41. The van der Waals surface area contributed by atoms with Gasteiger partial charge in [-0.1, -0.05) is 12.1 Å². The third-order valence-corrected chi connectivity index (χ3v) is 4.33. The van der Waals surface area contributed by atoms with Gasteiger partial charge in [0.15, 0.2) is 0 Å². The summed E-state index contributed by atoms with van der Waals surface area (Å²) in [7, 11) is 0. The Hall–Kier alpha value is -2.09. The van der Waals surface area contributed by atoms with Crippen molar-refractivity contribution < 1.29 is 22.7 Å². The number of hydrogen-bond acceptors (Lipinski definition) is 4. The summed E-state index contributed by atoms with van der Waals surface area (Å²) >= 11 is 1.33. The maximum Gasteiger partial charge on any atom is 0.406 e. The van der Waals surface area contributed by atoms with Crippen LogP contribution in [0.15, 0.2) is 29.6 Å². The van der Waals surface area contributed by atoms with Crippen molar-refractivity contribution in [3.05, 3.63) is 35.3 Å². The third-order valence-electron chi connectivity index (χ3n) is 3.41. The number of halogens is 3. The molecule has 4 nitrogen and oxygen atoms in total. The van der Waals surface area contributed by atoms with Crippen molar-refractivity contribution in [2.75, 3.05) is 19.7 Å². The lowest BCUT2D eigenvalue weighted by Crippen LogP contribution is -2.39. The number of benzene rings is 1. The summed E-state index contributed by atoms with van der Waals surface area (Å²) in [4.78, 5) is 17.3. The summed E-state index contributed by atoms with van der Waals surface area (Å²) in [6, 6.07) is 7.39. The monoisotopic (exact) mass is 372 g/mol. The van der Waals surface area contributed by atoms with Crippen LogP contribution in [0.25, 0.3) is 10.6 Å². The van der Waals surface area contributed by atoms with E-state index in [0.29, 0.717) is 23.1 Å². The highest BCUT2D eigenvalue weighted by molar-refractivity contribution is 7.13. The predicted octanol–water partition coefficient (Wildman–Crippen LogP) is 4.16. The number of thiazole rings is 1. The average Bonchev–Trinajstić information content (AvgIpc) is 3.00. The molecule has 2 aromatic rings. The Morgan fingerprint density at radius 1 is 1.28 bits per heavy atom. The Bertz CT molecular complexity index is 716. The number of nitrogens with zero attached hydrogens (tertiary/aromatic N) is 2. The summed E-state index contributed by atoms with van der Waals surface area (Å²) in [5, 5.41) is 2.36. The van der Waals surface area contributed by atoms with Crippen LogP contribution in [0.2, 0.25) is 0 Å². The molecule has 0 atom stereocenters. The van der Waals surface area contributed by atoms with Gasteiger partial charge in [0.2, 0.25) is 5.91 Å². The molecule has 0 N–H and O–H groups in total. The number of carbonyl (C=O) groups is 1. The second-order valence-corrected chi connectivity index (χ2v) is 6.13. The second kappa shape index (κ2) is 8.33. The van der Waals surface area contributed by atoms with Crippen molar-refractivity contribution >= 4 is 17.2 Å². The number of ether oxygens (including phenoxy) is 1. The molecule has 1 amide bonds. The molecule has 8 heteroatoms. The number of alkyl halides is 3. The molecule has 0 radical (unpaired) electrons. The quantitative estimate of drug-likeness (QED) is 0.733. The Labute approximate surface area is 148 Å². The fourth-order valence-electron chi connectivity index (χ4n) is 2.30. The minimum atomic E-state index is -4.41. The van der Waals surface area contributed by atoms with Gasteiger partial charge in [0.25, 0.3) is 0 Å². The Morgan fingerprint density at radius 2 is 2.00 bits per heavy atom. The molecule has 25 heavy (non-hydrogen) atoms. The van der Waals surface area contributed by atoms with Gasteiger partial charge in [-0.3, -0.25) is 4.79 Å². The van der Waals surface area contributed by atoms with Gasteiger partial charge in [-0.2, -0.15) is 13.2 Å². The number of likely N-dealkylation sites (N-methyl/N-ethyl adjacent to an activating group) is 1. The average molecular weight is 372 g/mol. The van der Waals surface area contributed by atoms with E-state index in [9.17, 15) is 18.0 Å². The van der Waals surface area contributed by atoms with Gasteiger partial charge in [0.1, 0.15) is 17.3 Å². The maximum atomic E-state index is 12.5. The fraction of sp³-hybridized carbons (Fsp3) is 0.412. The molecular formula is C17H19F3N2O2S. The molecule has 0 saturated heterocycles. The lowest BCUT2D eigenvalue weighted by Gasteiger charge is -2.21. The van der Waals surface area contributed by atoms with Crippen LogP contribution in [0.1, 0.15) is 19.5 Å². The van der Waals surface area contributed by atoms with Gasteiger partial charge in [0.05, 0.1) is 24.3 Å². The van der Waals surface area contributed by atoms with Crippen LogP contribution < -0.4 is 4.74 Å². The standard InChI is InChI=1S/C17H19F3N2O2S/c1-3-22(11-17(18,19)20)15(23)9-12-10-25-16(21-12)13-7-5-6-8-14(13)24-4-2/h5-8,10H,3-4,9,11H2,1-2H3. The molecule has 0 fully saturated rings. The van der Waals surface area contributed by atoms with E-state index in [-0.39, 0.29) is 13.0 Å². The number of aromatic nitrogens is 1. The topological polar surface area (TPSA) is 42.4 Å². The van der Waals surface area contributed by atoms with Crippen LogP contribution in [-0.4, -0.2) is 41.7 Å². The summed E-state index contributed by atoms with van der Waals surface area (Å²) in [6.07, 6.45) is -4.56. The highest BCUT2D eigenvalue weighted by Crippen LogP contribution is 2.32. The number of rotatable bonds is 7. The number of amides is 1. The van der Waals surface area contributed by atoms with E-state index in [1.165, 1.54) is 18.3 Å². The zero-order valence-electron chi connectivity index (χ0n) is 14.0. The molecule has 1 aromatic heterocycles. The highest BCUT2D eigenvalue weighted by Gasteiger charge is 2.32. The number of carbonyl (C=O) groups excluding carboxylic acids is 1. The van der Waals surface area contributed by atoms with Crippen LogP contribution in [-0.2, 0) is 11.2 Å². The SMILES string of the molecule is CCOc1ccccc1-c1nc(CC(=O)N(CC)CC(F)(F)F)cs1. The second-order valence-electron chi connectivity index (χ2n) is 5.27. The predicted molar refractivity (Wildman–Crippen MR) is 90.7 cm³/mol. The van der Waals surface area contributed by atoms with Crippen LogP contribution in [0.3, 0.4) is 0 Å². The first-order valence-corrected chi connectivity index (χ1v) is 8.73. The molecule has 136 valence electrons. The zero-order valence-corrected chi connectivity index (χ0v) is 14.8. The number of para-hydroxylation sites is 1. The van der Waals surface area contributed by atoms with Crippen molar-refractivity contribution in [2.45, 2.75) is 26.4 Å². The van der Waals surface area contributed by atoms with Gasteiger partial charge in [-0.05, 0) is 26.0 Å². The first-order chi connectivity index (χ1) is 11.8. The zero-order chi connectivity index (χ0) is 18.4. The van der Waals surface area contributed by atoms with Gasteiger partial charge in [-0.15, -0.1) is 11.3 Å². The Morgan fingerprint density at radius 3 is 2.64 bits per heavy atom. The summed E-state index contributed by atoms with van der Waals surface area (Å²) in [5.41, 5.74) is 1.26. The summed E-state index contributed by atoms with van der Waals surface area (Å²) in [5.74, 6) is 0.0965. The molecule has 2 rings (SSSR count). The van der Waals surface area contributed by atoms with E-state index >= 15 is 0 Å². The van der Waals surface area contributed by atoms with Gasteiger partial charge >= 0.3 is 6.18 Å². The van der Waals surface area contributed by atoms with Crippen molar-refractivity contribution in [2.24, 2.45) is 0 Å². The highest BCUT2D eigenvalue weighted by atomic mass is 32.1. The Balaban J connectivity index is 2.12. The van der Waals surface area contributed by atoms with E-state index in [4.69, 9.17) is 4.74 Å². The van der Waals surface area contributed by atoms with Crippen LogP contribution in [0, 0.1) is 0 Å². The van der Waals surface area contributed by atoms with Crippen molar-refractivity contribution in [1.29, 1.82) is 0 Å². The van der Waals surface area contributed by atoms with Crippen LogP contribution >= 0.6 is 11.3 Å². The number of hydrogen-bond donors (Lipinski definition) is 0. The molecule has 0 aliphatic carbocycles. The van der Waals surface area contributed by atoms with E-state index in [1.54, 1.807) is 5.38 Å². The normalized spacial score (nSPS) is 11.4. The van der Waals surface area contributed by atoms with E-state index < -0.39 is 18.6 Å². The van der Waals surface area contributed by atoms with Crippen molar-refractivity contribution in [3.8, 4) is 16.3 Å². The minimum Gasteiger partial charge on any atom is -0.493 e. The first kappa shape index (κ1) is 19.2. The molecule has 0 unspecified atom stereocenters.